The lowest BCUT2D eigenvalue weighted by molar-refractivity contribution is 0.0187. The van der Waals surface area contributed by atoms with Gasteiger partial charge in [-0.25, -0.2) is 0 Å². The first kappa shape index (κ1) is 15.9. The molecule has 1 aliphatic rings. The molecule has 1 aromatic rings. The minimum Gasteiger partial charge on any atom is -0.496 e. The van der Waals surface area contributed by atoms with Crippen LogP contribution in [0.25, 0.3) is 0 Å². The Hall–Kier alpha value is -1.46. The quantitative estimate of drug-likeness (QED) is 0.797. The van der Waals surface area contributed by atoms with Crippen molar-refractivity contribution in [2.45, 2.75) is 32.0 Å². The smallest absolute Gasteiger partial charge is 0.126 e. The van der Waals surface area contributed by atoms with Crippen molar-refractivity contribution in [1.29, 1.82) is 0 Å². The van der Waals surface area contributed by atoms with E-state index in [4.69, 9.17) is 18.9 Å². The Morgan fingerprint density at radius 1 is 1.05 bits per heavy atom. The third kappa shape index (κ3) is 4.79. The number of nitrogens with one attached hydrogen (secondary N) is 1. The molecule has 1 aliphatic heterocycles. The van der Waals surface area contributed by atoms with E-state index in [1.165, 1.54) is 0 Å². The molecule has 0 bridgehead atoms. The second-order valence-electron chi connectivity index (χ2n) is 5.12. The largest absolute Gasteiger partial charge is 0.496 e. The van der Waals surface area contributed by atoms with E-state index in [1.54, 1.807) is 14.2 Å². The summed E-state index contributed by atoms with van der Waals surface area (Å²) in [6.07, 6.45) is 2.59. The van der Waals surface area contributed by atoms with E-state index in [9.17, 15) is 0 Å². The van der Waals surface area contributed by atoms with Gasteiger partial charge in [-0.2, -0.15) is 0 Å². The maximum absolute atomic E-state index is 5.95. The van der Waals surface area contributed by atoms with Crippen molar-refractivity contribution in [2.24, 2.45) is 0 Å². The molecular weight excluding hydrogens is 270 g/mol. The van der Waals surface area contributed by atoms with Crippen LogP contribution in [0.15, 0.2) is 18.2 Å². The van der Waals surface area contributed by atoms with E-state index < -0.39 is 0 Å². The molecule has 0 amide bonds. The summed E-state index contributed by atoms with van der Waals surface area (Å²) in [4.78, 5) is 0. The molecular formula is C16H25NO4. The molecule has 1 N–H and O–H groups in total. The Labute approximate surface area is 126 Å². The first-order chi connectivity index (χ1) is 10.2. The summed E-state index contributed by atoms with van der Waals surface area (Å²) in [5, 5.41) is 3.32. The molecule has 2 unspecified atom stereocenters. The van der Waals surface area contributed by atoms with Crippen LogP contribution in [-0.2, 0) is 4.74 Å². The highest BCUT2D eigenvalue weighted by atomic mass is 16.5. The fourth-order valence-electron chi connectivity index (χ4n) is 2.41. The van der Waals surface area contributed by atoms with Crippen molar-refractivity contribution in [3.63, 3.8) is 0 Å². The van der Waals surface area contributed by atoms with Gasteiger partial charge in [-0.15, -0.1) is 0 Å². The predicted octanol–water partition coefficient (Wildman–Crippen LogP) is 2.24. The molecule has 1 aromatic carbocycles. The zero-order valence-electron chi connectivity index (χ0n) is 13.1. The highest BCUT2D eigenvalue weighted by molar-refractivity contribution is 5.41. The summed E-state index contributed by atoms with van der Waals surface area (Å²) in [5.41, 5.74) is 0. The van der Waals surface area contributed by atoms with Gasteiger partial charge in [-0.3, -0.25) is 0 Å². The minimum atomic E-state index is 0.158. The molecule has 0 aliphatic carbocycles. The number of likely N-dealkylation sites (N-methyl/N-ethyl adjacent to an activating group) is 1. The van der Waals surface area contributed by atoms with Gasteiger partial charge in [0.25, 0.3) is 0 Å². The van der Waals surface area contributed by atoms with Crippen LogP contribution in [0.3, 0.4) is 0 Å². The van der Waals surface area contributed by atoms with Crippen molar-refractivity contribution < 1.29 is 18.9 Å². The normalized spacial score (nSPS) is 21.3. The van der Waals surface area contributed by atoms with Gasteiger partial charge in [0.05, 0.1) is 26.4 Å². The fourth-order valence-corrected chi connectivity index (χ4v) is 2.41. The minimum absolute atomic E-state index is 0.158. The molecule has 0 radical (unpaired) electrons. The number of methoxy groups -OCH3 is 2. The molecule has 5 nitrogen and oxygen atoms in total. The van der Waals surface area contributed by atoms with Crippen LogP contribution in [0.2, 0.25) is 0 Å². The number of ether oxygens (including phenoxy) is 4. The Kier molecular flexibility index (Phi) is 6.14. The molecule has 1 heterocycles. The summed E-state index contributed by atoms with van der Waals surface area (Å²) < 4.78 is 22.2. The van der Waals surface area contributed by atoms with Gasteiger partial charge >= 0.3 is 0 Å². The SMILES string of the molecule is CCNCC1CCC(COc2cc(OC)cc(OC)c2)O1. The van der Waals surface area contributed by atoms with E-state index in [2.05, 4.69) is 12.2 Å². The van der Waals surface area contributed by atoms with E-state index in [0.717, 1.165) is 43.2 Å². The molecule has 1 fully saturated rings. The summed E-state index contributed by atoms with van der Waals surface area (Å²) in [5.74, 6) is 2.19. The summed E-state index contributed by atoms with van der Waals surface area (Å²) in [6.45, 7) is 4.55. The molecule has 21 heavy (non-hydrogen) atoms. The van der Waals surface area contributed by atoms with Crippen LogP contribution < -0.4 is 19.5 Å². The van der Waals surface area contributed by atoms with Crippen molar-refractivity contribution in [3.05, 3.63) is 18.2 Å². The highest BCUT2D eigenvalue weighted by Gasteiger charge is 2.25. The van der Waals surface area contributed by atoms with Crippen molar-refractivity contribution >= 4 is 0 Å². The van der Waals surface area contributed by atoms with Gasteiger partial charge in [-0.05, 0) is 19.4 Å². The molecule has 5 heteroatoms. The second-order valence-corrected chi connectivity index (χ2v) is 5.12. The monoisotopic (exact) mass is 295 g/mol. The highest BCUT2D eigenvalue weighted by Crippen LogP contribution is 2.28. The molecule has 0 saturated carbocycles. The van der Waals surface area contributed by atoms with Crippen LogP contribution in [0.4, 0.5) is 0 Å². The van der Waals surface area contributed by atoms with Gasteiger partial charge in [0.15, 0.2) is 0 Å². The molecule has 0 aromatic heterocycles. The average Bonchev–Trinajstić information content (AvgIpc) is 2.98. The lowest BCUT2D eigenvalue weighted by Gasteiger charge is -2.15. The van der Waals surface area contributed by atoms with Gasteiger partial charge in [0.1, 0.15) is 23.9 Å². The third-order valence-corrected chi connectivity index (χ3v) is 3.58. The molecule has 2 atom stereocenters. The van der Waals surface area contributed by atoms with Crippen molar-refractivity contribution in [3.8, 4) is 17.2 Å². The molecule has 1 saturated heterocycles. The number of rotatable bonds is 8. The zero-order valence-corrected chi connectivity index (χ0v) is 13.1. The zero-order chi connectivity index (χ0) is 15.1. The van der Waals surface area contributed by atoms with Crippen LogP contribution in [0, 0.1) is 0 Å². The second kappa shape index (κ2) is 8.10. The fraction of sp³-hybridized carbons (Fsp3) is 0.625. The van der Waals surface area contributed by atoms with Crippen LogP contribution in [0.5, 0.6) is 17.2 Å². The maximum atomic E-state index is 5.95. The Balaban J connectivity index is 1.83. The summed E-state index contributed by atoms with van der Waals surface area (Å²) in [6, 6.07) is 5.53. The summed E-state index contributed by atoms with van der Waals surface area (Å²) in [7, 11) is 3.26. The van der Waals surface area contributed by atoms with Gasteiger partial charge < -0.3 is 24.3 Å². The summed E-state index contributed by atoms with van der Waals surface area (Å²) >= 11 is 0. The first-order valence-corrected chi connectivity index (χ1v) is 7.47. The van der Waals surface area contributed by atoms with Crippen LogP contribution >= 0.6 is 0 Å². The first-order valence-electron chi connectivity index (χ1n) is 7.47. The Morgan fingerprint density at radius 3 is 2.29 bits per heavy atom. The van der Waals surface area contributed by atoms with Crippen molar-refractivity contribution in [1.82, 2.24) is 5.32 Å². The van der Waals surface area contributed by atoms with Crippen LogP contribution in [0.1, 0.15) is 19.8 Å². The number of hydrogen-bond acceptors (Lipinski definition) is 5. The van der Waals surface area contributed by atoms with Gasteiger partial charge in [0.2, 0.25) is 0 Å². The van der Waals surface area contributed by atoms with E-state index in [1.807, 2.05) is 18.2 Å². The van der Waals surface area contributed by atoms with Crippen molar-refractivity contribution in [2.75, 3.05) is 33.9 Å². The Bertz CT molecular complexity index is 416. The topological polar surface area (TPSA) is 49.0 Å². The standard InChI is InChI=1S/C16H25NO4/c1-4-17-10-12-5-6-13(21-12)11-20-16-8-14(18-2)7-15(9-16)19-3/h7-9,12-13,17H,4-6,10-11H2,1-3H3. The van der Waals surface area contributed by atoms with E-state index in [-0.39, 0.29) is 6.10 Å². The number of hydrogen-bond donors (Lipinski definition) is 1. The molecule has 2 rings (SSSR count). The lowest BCUT2D eigenvalue weighted by atomic mass is 10.2. The van der Waals surface area contributed by atoms with E-state index in [0.29, 0.717) is 12.7 Å². The molecule has 118 valence electrons. The van der Waals surface area contributed by atoms with E-state index >= 15 is 0 Å². The number of benzene rings is 1. The van der Waals surface area contributed by atoms with Gasteiger partial charge in [0, 0.05) is 24.7 Å². The average molecular weight is 295 g/mol. The Morgan fingerprint density at radius 2 is 1.67 bits per heavy atom. The maximum Gasteiger partial charge on any atom is 0.126 e. The third-order valence-electron chi connectivity index (χ3n) is 3.58. The predicted molar refractivity (Wildman–Crippen MR) is 81.5 cm³/mol. The lowest BCUT2D eigenvalue weighted by Crippen LogP contribution is -2.28. The van der Waals surface area contributed by atoms with Gasteiger partial charge in [-0.1, -0.05) is 6.92 Å². The van der Waals surface area contributed by atoms with Crippen LogP contribution in [-0.4, -0.2) is 46.1 Å². The molecule has 0 spiro atoms.